The smallest absolute Gasteiger partial charge is 0.234 e. The van der Waals surface area contributed by atoms with Crippen LogP contribution in [-0.2, 0) is 10.2 Å². The van der Waals surface area contributed by atoms with Gasteiger partial charge >= 0.3 is 0 Å². The van der Waals surface area contributed by atoms with Crippen molar-refractivity contribution in [2.45, 2.75) is 25.3 Å². The summed E-state index contributed by atoms with van der Waals surface area (Å²) in [6.07, 6.45) is 0. The van der Waals surface area contributed by atoms with Crippen LogP contribution in [0.2, 0.25) is 0 Å². The lowest BCUT2D eigenvalue weighted by Gasteiger charge is -2.17. The highest BCUT2D eigenvalue weighted by Crippen LogP contribution is 2.39. The molecule has 1 aliphatic rings. The molecular formula is C15H15BrN2O2. The van der Waals surface area contributed by atoms with E-state index in [0.29, 0.717) is 10.4 Å². The fraction of sp³-hybridized carbons (Fsp3) is 0.267. The third-order valence-electron chi connectivity index (χ3n) is 3.79. The Labute approximate surface area is 125 Å². The first-order chi connectivity index (χ1) is 9.39. The van der Waals surface area contributed by atoms with Crippen LogP contribution in [-0.4, -0.2) is 5.91 Å². The Bertz CT molecular complexity index is 691. The first-order valence-corrected chi connectivity index (χ1v) is 7.15. The summed E-state index contributed by atoms with van der Waals surface area (Å²) in [5, 5.41) is 2.89. The Morgan fingerprint density at radius 1 is 1.30 bits per heavy atom. The van der Waals surface area contributed by atoms with Crippen molar-refractivity contribution < 1.29 is 9.21 Å². The largest absolute Gasteiger partial charge is 0.452 e. The monoisotopic (exact) mass is 334 g/mol. The van der Waals surface area contributed by atoms with E-state index in [4.69, 9.17) is 10.2 Å². The topological polar surface area (TPSA) is 68.3 Å². The van der Waals surface area contributed by atoms with Gasteiger partial charge in [0.2, 0.25) is 5.91 Å². The minimum absolute atomic E-state index is 0.0129. The number of fused-ring (bicyclic) bond motifs is 1. The average molecular weight is 335 g/mol. The molecule has 0 spiro atoms. The second-order valence-corrected chi connectivity index (χ2v) is 6.29. The molecule has 0 fully saturated rings. The molecule has 0 saturated heterocycles. The third-order valence-corrected chi connectivity index (χ3v) is 4.22. The number of halogens is 1. The summed E-state index contributed by atoms with van der Waals surface area (Å²) in [7, 11) is 0. The van der Waals surface area contributed by atoms with Crippen LogP contribution in [0, 0.1) is 0 Å². The summed E-state index contributed by atoms with van der Waals surface area (Å²) in [5.74, 6) is 0.700. The number of carbonyl (C=O) groups excluding carboxylic acids is 1. The van der Waals surface area contributed by atoms with Crippen molar-refractivity contribution in [1.29, 1.82) is 0 Å². The normalized spacial score (nSPS) is 17.7. The first kappa shape index (κ1) is 13.4. The summed E-state index contributed by atoms with van der Waals surface area (Å²) < 4.78 is 6.16. The molecule has 3 N–H and O–H groups in total. The minimum atomic E-state index is -0.533. The Morgan fingerprint density at radius 3 is 2.70 bits per heavy atom. The van der Waals surface area contributed by atoms with E-state index < -0.39 is 5.41 Å². The van der Waals surface area contributed by atoms with Crippen LogP contribution in [0.15, 0.2) is 39.4 Å². The lowest BCUT2D eigenvalue weighted by molar-refractivity contribution is -0.119. The lowest BCUT2D eigenvalue weighted by Crippen LogP contribution is -2.27. The number of hydrogen-bond acceptors (Lipinski definition) is 3. The fourth-order valence-corrected chi connectivity index (χ4v) is 2.76. The van der Waals surface area contributed by atoms with Crippen LogP contribution in [0.25, 0.3) is 0 Å². The summed E-state index contributed by atoms with van der Waals surface area (Å²) in [5.41, 5.74) is 8.45. The molecule has 2 heterocycles. The standard InChI is InChI=1S/C15H15BrN2O2/c1-15(2)9-7-8(3-4-10(9)18-14(15)19)13(17)11-5-6-12(16)20-11/h3-7,13H,17H2,1-2H3,(H,18,19). The molecule has 0 bridgehead atoms. The van der Waals surface area contributed by atoms with Crippen LogP contribution in [0.4, 0.5) is 5.69 Å². The first-order valence-electron chi connectivity index (χ1n) is 6.36. The molecule has 1 aromatic carbocycles. The second-order valence-electron chi connectivity index (χ2n) is 5.50. The highest BCUT2D eigenvalue weighted by molar-refractivity contribution is 9.10. The van der Waals surface area contributed by atoms with Crippen LogP contribution in [0.3, 0.4) is 0 Å². The van der Waals surface area contributed by atoms with E-state index in [-0.39, 0.29) is 11.9 Å². The van der Waals surface area contributed by atoms with Gasteiger partial charge in [-0.05, 0) is 59.1 Å². The molecule has 1 unspecified atom stereocenters. The number of furan rings is 1. The molecule has 5 heteroatoms. The number of amides is 1. The van der Waals surface area contributed by atoms with E-state index in [1.807, 2.05) is 44.2 Å². The molecule has 3 rings (SSSR count). The van der Waals surface area contributed by atoms with Crippen molar-refractivity contribution in [3.8, 4) is 0 Å². The fourth-order valence-electron chi connectivity index (χ4n) is 2.44. The van der Waals surface area contributed by atoms with Crippen LogP contribution < -0.4 is 11.1 Å². The van der Waals surface area contributed by atoms with Crippen molar-refractivity contribution in [3.63, 3.8) is 0 Å². The molecule has 1 aliphatic heterocycles. The van der Waals surface area contributed by atoms with Crippen LogP contribution >= 0.6 is 15.9 Å². The Hall–Kier alpha value is -1.59. The molecule has 2 aromatic rings. The van der Waals surface area contributed by atoms with Gasteiger partial charge in [0.25, 0.3) is 0 Å². The molecule has 4 nitrogen and oxygen atoms in total. The van der Waals surface area contributed by atoms with E-state index in [0.717, 1.165) is 16.8 Å². The third kappa shape index (κ3) is 1.98. The van der Waals surface area contributed by atoms with Crippen molar-refractivity contribution in [1.82, 2.24) is 0 Å². The lowest BCUT2D eigenvalue weighted by atomic mass is 9.84. The maximum atomic E-state index is 11.9. The van der Waals surface area contributed by atoms with Crippen molar-refractivity contribution >= 4 is 27.5 Å². The van der Waals surface area contributed by atoms with Crippen molar-refractivity contribution in [3.05, 3.63) is 51.9 Å². The number of nitrogens with two attached hydrogens (primary N) is 1. The Kier molecular flexibility index (Phi) is 2.99. The van der Waals surface area contributed by atoms with E-state index in [9.17, 15) is 4.79 Å². The predicted octanol–water partition coefficient (Wildman–Crippen LogP) is 3.32. The van der Waals surface area contributed by atoms with Gasteiger partial charge in [0.1, 0.15) is 5.76 Å². The zero-order chi connectivity index (χ0) is 14.5. The van der Waals surface area contributed by atoms with Gasteiger partial charge in [-0.25, -0.2) is 0 Å². The van der Waals surface area contributed by atoms with Crippen molar-refractivity contribution in [2.24, 2.45) is 5.73 Å². The van der Waals surface area contributed by atoms with E-state index >= 15 is 0 Å². The number of carbonyl (C=O) groups is 1. The maximum absolute atomic E-state index is 11.9. The number of hydrogen-bond donors (Lipinski definition) is 2. The summed E-state index contributed by atoms with van der Waals surface area (Å²) >= 11 is 3.27. The molecule has 1 aromatic heterocycles. The van der Waals surface area contributed by atoms with Gasteiger partial charge in [-0.3, -0.25) is 4.79 Å². The van der Waals surface area contributed by atoms with Crippen molar-refractivity contribution in [2.75, 3.05) is 5.32 Å². The van der Waals surface area contributed by atoms with Gasteiger partial charge in [0, 0.05) is 5.69 Å². The Balaban J connectivity index is 2.02. The van der Waals surface area contributed by atoms with Gasteiger partial charge in [0.05, 0.1) is 11.5 Å². The van der Waals surface area contributed by atoms with E-state index in [1.54, 1.807) is 0 Å². The van der Waals surface area contributed by atoms with Crippen LogP contribution in [0.5, 0.6) is 0 Å². The molecule has 20 heavy (non-hydrogen) atoms. The number of benzene rings is 1. The van der Waals surface area contributed by atoms with E-state index in [2.05, 4.69) is 21.2 Å². The number of nitrogens with one attached hydrogen (secondary N) is 1. The van der Waals surface area contributed by atoms with E-state index in [1.165, 1.54) is 0 Å². The molecule has 0 saturated carbocycles. The number of rotatable bonds is 2. The second kappa shape index (κ2) is 4.46. The molecular weight excluding hydrogens is 320 g/mol. The molecule has 0 aliphatic carbocycles. The van der Waals surface area contributed by atoms with Gasteiger partial charge < -0.3 is 15.5 Å². The summed E-state index contributed by atoms with van der Waals surface area (Å²) in [6.45, 7) is 3.82. The predicted molar refractivity (Wildman–Crippen MR) is 80.5 cm³/mol. The Morgan fingerprint density at radius 2 is 2.05 bits per heavy atom. The quantitative estimate of drug-likeness (QED) is 0.885. The SMILES string of the molecule is CC1(C)C(=O)Nc2ccc(C(N)c3ccc(Br)o3)cc21. The van der Waals surface area contributed by atoms with Gasteiger partial charge in [-0.15, -0.1) is 0 Å². The minimum Gasteiger partial charge on any atom is -0.452 e. The highest BCUT2D eigenvalue weighted by atomic mass is 79.9. The van der Waals surface area contributed by atoms with Gasteiger partial charge in [-0.1, -0.05) is 12.1 Å². The molecule has 1 amide bonds. The maximum Gasteiger partial charge on any atom is 0.234 e. The summed E-state index contributed by atoms with van der Waals surface area (Å²) in [4.78, 5) is 11.9. The van der Waals surface area contributed by atoms with Crippen LogP contribution in [0.1, 0.15) is 36.8 Å². The average Bonchev–Trinajstić information content (AvgIpc) is 2.92. The van der Waals surface area contributed by atoms with Gasteiger partial charge in [0.15, 0.2) is 4.67 Å². The molecule has 1 atom stereocenters. The molecule has 0 radical (unpaired) electrons. The number of anilines is 1. The zero-order valence-electron chi connectivity index (χ0n) is 11.2. The summed E-state index contributed by atoms with van der Waals surface area (Å²) in [6, 6.07) is 9.11. The zero-order valence-corrected chi connectivity index (χ0v) is 12.8. The molecule has 104 valence electrons. The van der Waals surface area contributed by atoms with Gasteiger partial charge in [-0.2, -0.15) is 0 Å². The highest BCUT2D eigenvalue weighted by Gasteiger charge is 2.38.